The molecule has 1 rings (SSSR count). The van der Waals surface area contributed by atoms with Crippen LogP contribution < -0.4 is 0 Å². The summed E-state index contributed by atoms with van der Waals surface area (Å²) in [7, 11) is 0. The average molecular weight is 194 g/mol. The Kier molecular flexibility index (Phi) is 4.13. The van der Waals surface area contributed by atoms with Gasteiger partial charge >= 0.3 is 5.97 Å². The van der Waals surface area contributed by atoms with E-state index in [1.54, 1.807) is 19.1 Å². The third-order valence-corrected chi connectivity index (χ3v) is 1.88. The molecule has 0 saturated carbocycles. The summed E-state index contributed by atoms with van der Waals surface area (Å²) in [6, 6.07) is 9.13. The molecule has 0 unspecified atom stereocenters. The topological polar surface area (TPSA) is 46.5 Å². The lowest BCUT2D eigenvalue weighted by molar-refractivity contribution is -0.146. The number of rotatable bonds is 4. The Bertz CT molecular complexity index is 282. The Morgan fingerprint density at radius 3 is 2.64 bits per heavy atom. The summed E-state index contributed by atoms with van der Waals surface area (Å²) in [6.45, 7) is 1.74. The fraction of sp³-hybridized carbons (Fsp3) is 0.364. The minimum Gasteiger partial charge on any atom is -0.463 e. The predicted octanol–water partition coefficient (Wildman–Crippen LogP) is 1.67. The highest BCUT2D eigenvalue weighted by atomic mass is 16.5. The zero-order chi connectivity index (χ0) is 10.4. The van der Waals surface area contributed by atoms with E-state index < -0.39 is 6.10 Å². The molecule has 0 spiro atoms. The number of esters is 1. The van der Waals surface area contributed by atoms with Crippen LogP contribution in [0.5, 0.6) is 0 Å². The van der Waals surface area contributed by atoms with Crippen LogP contribution in [0.4, 0.5) is 0 Å². The van der Waals surface area contributed by atoms with Gasteiger partial charge in [0, 0.05) is 6.42 Å². The number of hydrogen-bond acceptors (Lipinski definition) is 3. The zero-order valence-corrected chi connectivity index (χ0v) is 8.14. The van der Waals surface area contributed by atoms with Crippen molar-refractivity contribution in [1.82, 2.24) is 0 Å². The first-order valence-corrected chi connectivity index (χ1v) is 4.62. The molecular formula is C11H14O3. The molecule has 0 radical (unpaired) electrons. The van der Waals surface area contributed by atoms with Gasteiger partial charge < -0.3 is 9.84 Å². The first-order valence-electron chi connectivity index (χ1n) is 4.62. The molecule has 1 atom stereocenters. The highest BCUT2D eigenvalue weighted by molar-refractivity contribution is 5.68. The van der Waals surface area contributed by atoms with Gasteiger partial charge in [-0.1, -0.05) is 37.3 Å². The van der Waals surface area contributed by atoms with Gasteiger partial charge in [-0.3, -0.25) is 4.79 Å². The lowest BCUT2D eigenvalue weighted by atomic mass is 10.1. The second kappa shape index (κ2) is 5.40. The molecule has 1 N–H and O–H groups in total. The van der Waals surface area contributed by atoms with E-state index in [1.807, 2.05) is 18.2 Å². The van der Waals surface area contributed by atoms with Gasteiger partial charge in [0.05, 0.1) is 0 Å². The number of benzene rings is 1. The standard InChI is InChI=1S/C11H14O3/c1-2-11(13)14-8-10(12)9-6-4-3-5-7-9/h3-7,10,12H,2,8H2,1H3/t10-/m1/s1. The molecule has 0 saturated heterocycles. The number of aliphatic hydroxyl groups excluding tert-OH is 1. The highest BCUT2D eigenvalue weighted by Crippen LogP contribution is 2.12. The Hall–Kier alpha value is -1.35. The quantitative estimate of drug-likeness (QED) is 0.742. The molecule has 0 bridgehead atoms. The van der Waals surface area contributed by atoms with Gasteiger partial charge in [-0.05, 0) is 5.56 Å². The molecule has 0 aromatic heterocycles. The Morgan fingerprint density at radius 2 is 2.07 bits per heavy atom. The van der Waals surface area contributed by atoms with Crippen LogP contribution in [0, 0.1) is 0 Å². The van der Waals surface area contributed by atoms with Gasteiger partial charge in [-0.25, -0.2) is 0 Å². The summed E-state index contributed by atoms with van der Waals surface area (Å²) in [5, 5.41) is 9.59. The first kappa shape index (κ1) is 10.7. The number of hydrogen-bond donors (Lipinski definition) is 1. The Morgan fingerprint density at radius 1 is 1.43 bits per heavy atom. The van der Waals surface area contributed by atoms with Crippen molar-refractivity contribution in [2.75, 3.05) is 6.61 Å². The van der Waals surface area contributed by atoms with Gasteiger partial charge in [0.15, 0.2) is 0 Å². The van der Waals surface area contributed by atoms with Gasteiger partial charge in [-0.2, -0.15) is 0 Å². The number of aliphatic hydroxyl groups is 1. The molecular weight excluding hydrogens is 180 g/mol. The summed E-state index contributed by atoms with van der Waals surface area (Å²) in [5.74, 6) is -0.292. The van der Waals surface area contributed by atoms with Crippen molar-refractivity contribution in [3.05, 3.63) is 35.9 Å². The van der Waals surface area contributed by atoms with Crippen LogP contribution in [0.2, 0.25) is 0 Å². The number of ether oxygens (including phenoxy) is 1. The van der Waals surface area contributed by atoms with E-state index in [2.05, 4.69) is 0 Å². The molecule has 76 valence electrons. The molecule has 0 aliphatic heterocycles. The van der Waals surface area contributed by atoms with Gasteiger partial charge in [0.1, 0.15) is 12.7 Å². The van der Waals surface area contributed by atoms with E-state index in [-0.39, 0.29) is 12.6 Å². The first-order chi connectivity index (χ1) is 6.74. The molecule has 3 nitrogen and oxygen atoms in total. The average Bonchev–Trinajstić information content (AvgIpc) is 2.26. The van der Waals surface area contributed by atoms with E-state index >= 15 is 0 Å². The largest absolute Gasteiger partial charge is 0.463 e. The van der Waals surface area contributed by atoms with E-state index in [1.165, 1.54) is 0 Å². The molecule has 1 aromatic carbocycles. The molecule has 0 aliphatic carbocycles. The van der Waals surface area contributed by atoms with Crippen molar-refractivity contribution >= 4 is 5.97 Å². The molecule has 1 aromatic rings. The van der Waals surface area contributed by atoms with E-state index in [9.17, 15) is 9.90 Å². The zero-order valence-electron chi connectivity index (χ0n) is 8.14. The maximum Gasteiger partial charge on any atom is 0.305 e. The predicted molar refractivity (Wildman–Crippen MR) is 52.7 cm³/mol. The minimum absolute atomic E-state index is 0.0245. The van der Waals surface area contributed by atoms with Crippen LogP contribution in [0.25, 0.3) is 0 Å². The van der Waals surface area contributed by atoms with Crippen molar-refractivity contribution < 1.29 is 14.6 Å². The van der Waals surface area contributed by atoms with E-state index in [0.29, 0.717) is 6.42 Å². The lowest BCUT2D eigenvalue weighted by Crippen LogP contribution is -2.11. The fourth-order valence-electron chi connectivity index (χ4n) is 1.05. The fourth-order valence-corrected chi connectivity index (χ4v) is 1.05. The van der Waals surface area contributed by atoms with Gasteiger partial charge in [0.25, 0.3) is 0 Å². The normalized spacial score (nSPS) is 12.1. The summed E-state index contributed by atoms with van der Waals surface area (Å²) < 4.78 is 4.82. The summed E-state index contributed by atoms with van der Waals surface area (Å²) in [5.41, 5.74) is 0.761. The van der Waals surface area contributed by atoms with Crippen molar-refractivity contribution in [2.24, 2.45) is 0 Å². The van der Waals surface area contributed by atoms with E-state index in [0.717, 1.165) is 5.56 Å². The smallest absolute Gasteiger partial charge is 0.305 e. The summed E-state index contributed by atoms with van der Waals surface area (Å²) in [6.07, 6.45) is -0.395. The SMILES string of the molecule is CCC(=O)OC[C@@H](O)c1ccccc1. The Balaban J connectivity index is 2.43. The van der Waals surface area contributed by atoms with Crippen molar-refractivity contribution in [2.45, 2.75) is 19.4 Å². The van der Waals surface area contributed by atoms with Crippen LogP contribution in [-0.2, 0) is 9.53 Å². The van der Waals surface area contributed by atoms with Crippen LogP contribution in [0.15, 0.2) is 30.3 Å². The maximum atomic E-state index is 10.8. The third kappa shape index (κ3) is 3.18. The van der Waals surface area contributed by atoms with Gasteiger partial charge in [-0.15, -0.1) is 0 Å². The second-order valence-electron chi connectivity index (χ2n) is 2.96. The van der Waals surface area contributed by atoms with Crippen LogP contribution >= 0.6 is 0 Å². The molecule has 0 amide bonds. The molecule has 0 aliphatic rings. The van der Waals surface area contributed by atoms with Crippen molar-refractivity contribution in [3.8, 4) is 0 Å². The molecule has 0 fully saturated rings. The summed E-state index contributed by atoms with van der Waals surface area (Å²) >= 11 is 0. The monoisotopic (exact) mass is 194 g/mol. The van der Waals surface area contributed by atoms with Crippen molar-refractivity contribution in [3.63, 3.8) is 0 Å². The van der Waals surface area contributed by atoms with Crippen LogP contribution in [0.1, 0.15) is 25.0 Å². The summed E-state index contributed by atoms with van der Waals surface area (Å²) in [4.78, 5) is 10.8. The second-order valence-corrected chi connectivity index (χ2v) is 2.96. The molecule has 14 heavy (non-hydrogen) atoms. The number of carbonyl (C=O) groups excluding carboxylic acids is 1. The Labute approximate surface area is 83.3 Å². The third-order valence-electron chi connectivity index (χ3n) is 1.88. The highest BCUT2D eigenvalue weighted by Gasteiger charge is 2.08. The lowest BCUT2D eigenvalue weighted by Gasteiger charge is -2.10. The minimum atomic E-state index is -0.730. The van der Waals surface area contributed by atoms with Crippen LogP contribution in [-0.4, -0.2) is 17.7 Å². The molecule has 0 heterocycles. The van der Waals surface area contributed by atoms with Crippen molar-refractivity contribution in [1.29, 1.82) is 0 Å². The number of carbonyl (C=O) groups is 1. The van der Waals surface area contributed by atoms with Crippen LogP contribution in [0.3, 0.4) is 0 Å². The maximum absolute atomic E-state index is 10.8. The molecule has 3 heteroatoms. The van der Waals surface area contributed by atoms with Gasteiger partial charge in [0.2, 0.25) is 0 Å². The van der Waals surface area contributed by atoms with E-state index in [4.69, 9.17) is 4.74 Å².